The molecule has 33 heavy (non-hydrogen) atoms. The summed E-state index contributed by atoms with van der Waals surface area (Å²) < 4.78 is 10.6. The molecule has 0 aromatic heterocycles. The van der Waals surface area contributed by atoms with Crippen molar-refractivity contribution in [3.8, 4) is 11.5 Å². The highest BCUT2D eigenvalue weighted by Gasteiger charge is 2.47. The molecule has 168 valence electrons. The van der Waals surface area contributed by atoms with Crippen molar-refractivity contribution in [3.05, 3.63) is 94.0 Å². The fourth-order valence-electron chi connectivity index (χ4n) is 4.03. The first-order chi connectivity index (χ1) is 15.9. The summed E-state index contributed by atoms with van der Waals surface area (Å²) in [7, 11) is 2.89. The Morgan fingerprint density at radius 1 is 0.939 bits per heavy atom. The van der Waals surface area contributed by atoms with E-state index >= 15 is 0 Å². The number of para-hydroxylation sites is 1. The molecule has 0 spiro atoms. The highest BCUT2D eigenvalue weighted by Crippen LogP contribution is 2.44. The van der Waals surface area contributed by atoms with E-state index in [0.717, 1.165) is 5.56 Å². The third kappa shape index (κ3) is 3.94. The van der Waals surface area contributed by atoms with E-state index in [1.54, 1.807) is 24.3 Å². The Labute approximate surface area is 196 Å². The van der Waals surface area contributed by atoms with E-state index in [0.29, 0.717) is 17.0 Å². The molecular weight excluding hydrogens is 442 g/mol. The predicted octanol–water partition coefficient (Wildman–Crippen LogP) is 5.29. The first-order valence-corrected chi connectivity index (χ1v) is 10.6. The largest absolute Gasteiger partial charge is 0.507 e. The summed E-state index contributed by atoms with van der Waals surface area (Å²) in [5, 5.41) is 11.6. The van der Waals surface area contributed by atoms with Gasteiger partial charge in [-0.15, -0.1) is 0 Å². The van der Waals surface area contributed by atoms with E-state index in [-0.39, 0.29) is 27.7 Å². The molecular formula is C26H22ClNO5. The van der Waals surface area contributed by atoms with E-state index in [1.807, 2.05) is 37.3 Å². The van der Waals surface area contributed by atoms with Gasteiger partial charge in [0.05, 0.1) is 36.4 Å². The Balaban J connectivity index is 1.99. The van der Waals surface area contributed by atoms with E-state index < -0.39 is 17.7 Å². The SMILES string of the molecule is COc1cc(OC)c(/C(O)=C2\C(=O)C(=O)N(c3ccccc3)C2c2cccc(C)c2)cc1Cl. The molecule has 1 unspecified atom stereocenters. The molecule has 0 saturated carbocycles. The van der Waals surface area contributed by atoms with Gasteiger partial charge in [-0.3, -0.25) is 14.5 Å². The van der Waals surface area contributed by atoms with Crippen molar-refractivity contribution in [2.24, 2.45) is 0 Å². The average molecular weight is 464 g/mol. The van der Waals surface area contributed by atoms with Crippen LogP contribution in [0.3, 0.4) is 0 Å². The van der Waals surface area contributed by atoms with Gasteiger partial charge in [0.15, 0.2) is 0 Å². The van der Waals surface area contributed by atoms with E-state index in [9.17, 15) is 14.7 Å². The molecule has 1 saturated heterocycles. The van der Waals surface area contributed by atoms with Gasteiger partial charge in [0.25, 0.3) is 11.7 Å². The zero-order chi connectivity index (χ0) is 23.7. The molecule has 1 amide bonds. The van der Waals surface area contributed by atoms with Crippen LogP contribution < -0.4 is 14.4 Å². The van der Waals surface area contributed by atoms with Crippen LogP contribution in [-0.4, -0.2) is 31.0 Å². The maximum Gasteiger partial charge on any atom is 0.300 e. The molecule has 0 radical (unpaired) electrons. The number of nitrogens with zero attached hydrogens (tertiary/aromatic N) is 1. The summed E-state index contributed by atoms with van der Waals surface area (Å²) in [5.41, 5.74) is 2.33. The molecule has 1 atom stereocenters. The van der Waals surface area contributed by atoms with Crippen LogP contribution >= 0.6 is 11.6 Å². The minimum absolute atomic E-state index is 0.0472. The van der Waals surface area contributed by atoms with Gasteiger partial charge in [0.1, 0.15) is 17.3 Å². The number of hydrogen-bond donors (Lipinski definition) is 1. The number of benzene rings is 3. The second kappa shape index (κ2) is 9.00. The first kappa shape index (κ1) is 22.4. The number of hydrogen-bond acceptors (Lipinski definition) is 5. The number of aliphatic hydroxyl groups excluding tert-OH is 1. The van der Waals surface area contributed by atoms with Gasteiger partial charge in [-0.05, 0) is 30.7 Å². The third-order valence-corrected chi connectivity index (χ3v) is 5.86. The van der Waals surface area contributed by atoms with E-state index in [2.05, 4.69) is 0 Å². The fourth-order valence-corrected chi connectivity index (χ4v) is 4.27. The Bertz CT molecular complexity index is 1270. The summed E-state index contributed by atoms with van der Waals surface area (Å²) in [6.07, 6.45) is 0. The van der Waals surface area contributed by atoms with Crippen molar-refractivity contribution < 1.29 is 24.2 Å². The van der Waals surface area contributed by atoms with Crippen LogP contribution in [0.25, 0.3) is 5.76 Å². The van der Waals surface area contributed by atoms with Crippen LogP contribution in [0, 0.1) is 6.92 Å². The maximum absolute atomic E-state index is 13.3. The van der Waals surface area contributed by atoms with E-state index in [4.69, 9.17) is 21.1 Å². The lowest BCUT2D eigenvalue weighted by molar-refractivity contribution is -0.132. The van der Waals surface area contributed by atoms with Crippen LogP contribution in [0.15, 0.2) is 72.3 Å². The van der Waals surface area contributed by atoms with Crippen molar-refractivity contribution in [1.82, 2.24) is 0 Å². The number of rotatable bonds is 5. The lowest BCUT2D eigenvalue weighted by Gasteiger charge is -2.26. The lowest BCUT2D eigenvalue weighted by Crippen LogP contribution is -2.29. The Morgan fingerprint density at radius 2 is 1.64 bits per heavy atom. The Hall–Kier alpha value is -3.77. The van der Waals surface area contributed by atoms with Crippen LogP contribution in [0.5, 0.6) is 11.5 Å². The topological polar surface area (TPSA) is 76.1 Å². The van der Waals surface area contributed by atoms with Crippen molar-refractivity contribution in [1.29, 1.82) is 0 Å². The predicted molar refractivity (Wildman–Crippen MR) is 127 cm³/mol. The van der Waals surface area contributed by atoms with Crippen molar-refractivity contribution in [2.75, 3.05) is 19.1 Å². The standard InChI is InChI=1S/C26H22ClNO5/c1-15-8-7-9-16(12-15)23-22(25(30)26(31)28(23)17-10-5-4-6-11-17)24(29)18-13-19(27)21(33-3)14-20(18)32-2/h4-14,23,29H,1-3H3/b24-22+. The van der Waals surface area contributed by atoms with E-state index in [1.165, 1.54) is 31.3 Å². The number of carbonyl (C=O) groups excluding carboxylic acids is 2. The van der Waals surface area contributed by atoms with Crippen LogP contribution in [-0.2, 0) is 9.59 Å². The number of amides is 1. The number of aryl methyl sites for hydroxylation is 1. The Kier molecular flexibility index (Phi) is 6.11. The van der Waals surface area contributed by atoms with Gasteiger partial charge in [-0.1, -0.05) is 59.6 Å². The summed E-state index contributed by atoms with van der Waals surface area (Å²) >= 11 is 6.30. The highest BCUT2D eigenvalue weighted by atomic mass is 35.5. The zero-order valence-corrected chi connectivity index (χ0v) is 19.1. The summed E-state index contributed by atoms with van der Waals surface area (Å²) in [6, 6.07) is 18.5. The minimum Gasteiger partial charge on any atom is -0.507 e. The molecule has 1 aliphatic heterocycles. The second-order valence-electron chi connectivity index (χ2n) is 7.61. The molecule has 1 aliphatic rings. The number of ether oxygens (including phenoxy) is 2. The monoisotopic (exact) mass is 463 g/mol. The van der Waals surface area contributed by atoms with Gasteiger partial charge < -0.3 is 14.6 Å². The maximum atomic E-state index is 13.3. The number of aliphatic hydroxyl groups is 1. The molecule has 3 aromatic rings. The fraction of sp³-hybridized carbons (Fsp3) is 0.154. The zero-order valence-electron chi connectivity index (χ0n) is 18.3. The number of ketones is 1. The van der Waals surface area contributed by atoms with Crippen LogP contribution in [0.4, 0.5) is 5.69 Å². The Morgan fingerprint density at radius 3 is 2.27 bits per heavy atom. The lowest BCUT2D eigenvalue weighted by atomic mass is 9.94. The molecule has 6 nitrogen and oxygen atoms in total. The van der Waals surface area contributed by atoms with Crippen LogP contribution in [0.2, 0.25) is 5.02 Å². The molecule has 1 heterocycles. The van der Waals surface area contributed by atoms with Gasteiger partial charge in [-0.2, -0.15) is 0 Å². The molecule has 7 heteroatoms. The van der Waals surface area contributed by atoms with Crippen molar-refractivity contribution in [2.45, 2.75) is 13.0 Å². The first-order valence-electron chi connectivity index (χ1n) is 10.2. The third-order valence-electron chi connectivity index (χ3n) is 5.57. The number of halogens is 1. The van der Waals surface area contributed by atoms with Crippen molar-refractivity contribution >= 4 is 34.7 Å². The highest BCUT2D eigenvalue weighted by molar-refractivity contribution is 6.51. The number of anilines is 1. The van der Waals surface area contributed by atoms with Gasteiger partial charge in [-0.25, -0.2) is 0 Å². The minimum atomic E-state index is -0.835. The van der Waals surface area contributed by atoms with Crippen molar-refractivity contribution in [3.63, 3.8) is 0 Å². The average Bonchev–Trinajstić information content (AvgIpc) is 3.09. The smallest absolute Gasteiger partial charge is 0.300 e. The van der Waals surface area contributed by atoms with Crippen LogP contribution in [0.1, 0.15) is 22.7 Å². The van der Waals surface area contributed by atoms with Gasteiger partial charge in [0, 0.05) is 11.8 Å². The van der Waals surface area contributed by atoms with Gasteiger partial charge in [0.2, 0.25) is 0 Å². The molecule has 1 fully saturated rings. The summed E-state index contributed by atoms with van der Waals surface area (Å²) in [6.45, 7) is 1.92. The summed E-state index contributed by atoms with van der Waals surface area (Å²) in [4.78, 5) is 27.9. The number of methoxy groups -OCH3 is 2. The quantitative estimate of drug-likeness (QED) is 0.316. The molecule has 0 bridgehead atoms. The summed E-state index contributed by atoms with van der Waals surface area (Å²) in [5.74, 6) is -1.29. The molecule has 0 aliphatic carbocycles. The number of carbonyl (C=O) groups is 2. The second-order valence-corrected chi connectivity index (χ2v) is 8.01. The molecule has 4 rings (SSSR count). The normalized spacial score (nSPS) is 17.3. The van der Waals surface area contributed by atoms with Gasteiger partial charge >= 0.3 is 0 Å². The molecule has 1 N–H and O–H groups in total. The number of Topliss-reactive ketones (excluding diaryl/α,β-unsaturated/α-hetero) is 1. The molecule has 3 aromatic carbocycles.